The first-order valence-electron chi connectivity index (χ1n) is 10.9. The van der Waals surface area contributed by atoms with E-state index in [1.807, 2.05) is 50.2 Å². The molecule has 3 N–H and O–H groups in total. The molecule has 33 heavy (non-hydrogen) atoms. The SMILES string of the molecule is COC[C@H](NC(=O)CC(NC(=O)OCC1c2ccccc2-c2ccccc21)C(C)C)C(=O)O. The van der Waals surface area contributed by atoms with E-state index in [9.17, 15) is 19.5 Å². The van der Waals surface area contributed by atoms with Gasteiger partial charge in [0.15, 0.2) is 6.04 Å². The van der Waals surface area contributed by atoms with Crippen LogP contribution >= 0.6 is 0 Å². The lowest BCUT2D eigenvalue weighted by Gasteiger charge is -2.23. The molecule has 8 heteroatoms. The predicted octanol–water partition coefficient (Wildman–Crippen LogP) is 3.16. The van der Waals surface area contributed by atoms with Crippen LogP contribution in [0, 0.1) is 5.92 Å². The Labute approximate surface area is 193 Å². The van der Waals surface area contributed by atoms with E-state index >= 15 is 0 Å². The summed E-state index contributed by atoms with van der Waals surface area (Å²) in [6.07, 6.45) is -0.690. The van der Waals surface area contributed by atoms with Crippen molar-refractivity contribution in [3.8, 4) is 11.1 Å². The highest BCUT2D eigenvalue weighted by atomic mass is 16.5. The summed E-state index contributed by atoms with van der Waals surface area (Å²) in [7, 11) is 1.36. The molecule has 8 nitrogen and oxygen atoms in total. The van der Waals surface area contributed by atoms with Crippen LogP contribution in [0.5, 0.6) is 0 Å². The van der Waals surface area contributed by atoms with Gasteiger partial charge in [-0.2, -0.15) is 0 Å². The minimum Gasteiger partial charge on any atom is -0.480 e. The smallest absolute Gasteiger partial charge is 0.407 e. The van der Waals surface area contributed by atoms with Crippen LogP contribution < -0.4 is 10.6 Å². The van der Waals surface area contributed by atoms with E-state index in [-0.39, 0.29) is 31.5 Å². The lowest BCUT2D eigenvalue weighted by molar-refractivity contribution is -0.143. The van der Waals surface area contributed by atoms with Crippen LogP contribution in [-0.4, -0.2) is 55.5 Å². The molecule has 0 radical (unpaired) electrons. The monoisotopic (exact) mass is 454 g/mol. The zero-order chi connectivity index (χ0) is 24.0. The average molecular weight is 455 g/mol. The fourth-order valence-electron chi connectivity index (χ4n) is 4.04. The van der Waals surface area contributed by atoms with Gasteiger partial charge < -0.3 is 25.2 Å². The van der Waals surface area contributed by atoms with Gasteiger partial charge >= 0.3 is 12.1 Å². The van der Waals surface area contributed by atoms with Crippen LogP contribution in [0.15, 0.2) is 48.5 Å². The van der Waals surface area contributed by atoms with Crippen molar-refractivity contribution >= 4 is 18.0 Å². The topological polar surface area (TPSA) is 114 Å². The molecule has 2 aromatic rings. The first-order valence-corrected chi connectivity index (χ1v) is 10.9. The quantitative estimate of drug-likeness (QED) is 0.508. The Bertz CT molecular complexity index is 960. The minimum absolute atomic E-state index is 0.0608. The molecule has 0 aromatic heterocycles. The number of benzene rings is 2. The second-order valence-corrected chi connectivity index (χ2v) is 8.44. The van der Waals surface area contributed by atoms with Crippen molar-refractivity contribution in [3.63, 3.8) is 0 Å². The highest BCUT2D eigenvalue weighted by Crippen LogP contribution is 2.44. The largest absolute Gasteiger partial charge is 0.480 e. The first-order chi connectivity index (χ1) is 15.8. The summed E-state index contributed by atoms with van der Waals surface area (Å²) in [5.74, 6) is -1.80. The Balaban J connectivity index is 1.60. The highest BCUT2D eigenvalue weighted by molar-refractivity contribution is 5.84. The van der Waals surface area contributed by atoms with E-state index in [1.54, 1.807) is 0 Å². The standard InChI is InChI=1S/C25H30N2O6/c1-15(2)21(12-23(28)26-22(14-32-3)24(29)30)27-25(31)33-13-20-18-10-6-4-8-16(18)17-9-5-7-11-19(17)20/h4-11,15,20-22H,12-14H2,1-3H3,(H,26,28)(H,27,31)(H,29,30)/t21?,22-/m0/s1. The van der Waals surface area contributed by atoms with Gasteiger partial charge in [-0.05, 0) is 28.2 Å². The lowest BCUT2D eigenvalue weighted by Crippen LogP contribution is -2.48. The van der Waals surface area contributed by atoms with Crippen molar-refractivity contribution < 1.29 is 29.0 Å². The molecule has 0 saturated heterocycles. The number of hydrogen-bond donors (Lipinski definition) is 3. The molecule has 1 aliphatic rings. The molecule has 2 aromatic carbocycles. The van der Waals surface area contributed by atoms with Crippen molar-refractivity contribution in [2.75, 3.05) is 20.3 Å². The van der Waals surface area contributed by atoms with Crippen LogP contribution in [0.4, 0.5) is 4.79 Å². The van der Waals surface area contributed by atoms with Crippen molar-refractivity contribution in [3.05, 3.63) is 59.7 Å². The Morgan fingerprint density at radius 2 is 1.55 bits per heavy atom. The highest BCUT2D eigenvalue weighted by Gasteiger charge is 2.30. The van der Waals surface area contributed by atoms with E-state index in [1.165, 1.54) is 7.11 Å². The third-order valence-corrected chi connectivity index (χ3v) is 5.82. The summed E-state index contributed by atoms with van der Waals surface area (Å²) in [5, 5.41) is 14.3. The fraction of sp³-hybridized carbons (Fsp3) is 0.400. The van der Waals surface area contributed by atoms with E-state index < -0.39 is 30.1 Å². The Hall–Kier alpha value is -3.39. The van der Waals surface area contributed by atoms with Gasteiger partial charge in [-0.25, -0.2) is 9.59 Å². The number of rotatable bonds is 10. The van der Waals surface area contributed by atoms with Gasteiger partial charge in [0, 0.05) is 25.5 Å². The van der Waals surface area contributed by atoms with Gasteiger partial charge in [0.05, 0.1) is 6.61 Å². The molecular weight excluding hydrogens is 424 g/mol. The number of amides is 2. The van der Waals surface area contributed by atoms with Gasteiger partial charge in [0.2, 0.25) is 5.91 Å². The van der Waals surface area contributed by atoms with Crippen LogP contribution in [0.3, 0.4) is 0 Å². The zero-order valence-electron chi connectivity index (χ0n) is 19.0. The average Bonchev–Trinajstić information content (AvgIpc) is 3.10. The van der Waals surface area contributed by atoms with Crippen LogP contribution in [0.2, 0.25) is 0 Å². The summed E-state index contributed by atoms with van der Waals surface area (Å²) in [4.78, 5) is 36.1. The number of fused-ring (bicyclic) bond motifs is 3. The first kappa shape index (κ1) is 24.3. The van der Waals surface area contributed by atoms with Crippen molar-refractivity contribution in [2.45, 2.75) is 38.3 Å². The van der Waals surface area contributed by atoms with Crippen LogP contribution in [0.1, 0.15) is 37.3 Å². The molecule has 0 spiro atoms. The number of carbonyl (C=O) groups excluding carboxylic acids is 2. The molecular formula is C25H30N2O6. The Kier molecular flexibility index (Phi) is 8.06. The minimum atomic E-state index is -1.18. The second-order valence-electron chi connectivity index (χ2n) is 8.44. The van der Waals surface area contributed by atoms with Crippen LogP contribution in [0.25, 0.3) is 11.1 Å². The number of hydrogen-bond acceptors (Lipinski definition) is 5. The van der Waals surface area contributed by atoms with E-state index in [4.69, 9.17) is 9.47 Å². The summed E-state index contributed by atoms with van der Waals surface area (Å²) in [6, 6.07) is 14.5. The number of carbonyl (C=O) groups is 3. The number of carboxylic acid groups (broad SMARTS) is 1. The third kappa shape index (κ3) is 5.90. The second kappa shape index (κ2) is 11.0. The molecule has 2 atom stereocenters. The maximum absolute atomic E-state index is 12.6. The summed E-state index contributed by atoms with van der Waals surface area (Å²) in [5.41, 5.74) is 4.51. The summed E-state index contributed by atoms with van der Waals surface area (Å²) < 4.78 is 10.4. The summed E-state index contributed by atoms with van der Waals surface area (Å²) in [6.45, 7) is 3.76. The molecule has 0 fully saturated rings. The van der Waals surface area contributed by atoms with Crippen LogP contribution in [-0.2, 0) is 19.1 Å². The van der Waals surface area contributed by atoms with Gasteiger partial charge in [0.25, 0.3) is 0 Å². The van der Waals surface area contributed by atoms with Gasteiger partial charge in [-0.15, -0.1) is 0 Å². The normalized spacial score (nSPS) is 14.2. The molecule has 0 bridgehead atoms. The van der Waals surface area contributed by atoms with Crippen molar-refractivity contribution in [1.29, 1.82) is 0 Å². The number of aliphatic carboxylic acids is 1. The molecule has 1 unspecified atom stereocenters. The van der Waals surface area contributed by atoms with Crippen molar-refractivity contribution in [1.82, 2.24) is 10.6 Å². The van der Waals surface area contributed by atoms with E-state index in [0.29, 0.717) is 0 Å². The maximum atomic E-state index is 12.6. The molecule has 176 valence electrons. The molecule has 1 aliphatic carbocycles. The van der Waals surface area contributed by atoms with E-state index in [0.717, 1.165) is 22.3 Å². The number of carboxylic acids is 1. The number of ether oxygens (including phenoxy) is 2. The lowest BCUT2D eigenvalue weighted by atomic mass is 9.98. The summed E-state index contributed by atoms with van der Waals surface area (Å²) >= 11 is 0. The molecule has 0 heterocycles. The van der Waals surface area contributed by atoms with Crippen molar-refractivity contribution in [2.24, 2.45) is 5.92 Å². The zero-order valence-corrected chi connectivity index (χ0v) is 19.0. The molecule has 2 amide bonds. The molecule has 3 rings (SSSR count). The van der Waals surface area contributed by atoms with Gasteiger partial charge in [-0.1, -0.05) is 62.4 Å². The van der Waals surface area contributed by atoms with Gasteiger partial charge in [-0.3, -0.25) is 4.79 Å². The molecule has 0 aliphatic heterocycles. The van der Waals surface area contributed by atoms with Gasteiger partial charge in [0.1, 0.15) is 6.61 Å². The number of nitrogens with one attached hydrogen (secondary N) is 2. The number of alkyl carbamates (subject to hydrolysis) is 1. The third-order valence-electron chi connectivity index (χ3n) is 5.82. The number of methoxy groups -OCH3 is 1. The van der Waals surface area contributed by atoms with E-state index in [2.05, 4.69) is 22.8 Å². The molecule has 0 saturated carbocycles. The fourth-order valence-corrected chi connectivity index (χ4v) is 4.04. The Morgan fingerprint density at radius 1 is 0.970 bits per heavy atom. The maximum Gasteiger partial charge on any atom is 0.407 e. The Morgan fingerprint density at radius 3 is 2.06 bits per heavy atom. The predicted molar refractivity (Wildman–Crippen MR) is 123 cm³/mol.